The Labute approximate surface area is 115 Å². The predicted molar refractivity (Wildman–Crippen MR) is 74.8 cm³/mol. The molecule has 2 aliphatic rings. The second-order valence-electron chi connectivity index (χ2n) is 6.31. The first-order valence-corrected chi connectivity index (χ1v) is 7.22. The second kappa shape index (κ2) is 3.84. The molecule has 0 radical (unpaired) electrons. The summed E-state index contributed by atoms with van der Waals surface area (Å²) in [5.41, 5.74) is 0.321. The van der Waals surface area contributed by atoms with E-state index in [0.29, 0.717) is 23.0 Å². The van der Waals surface area contributed by atoms with E-state index in [9.17, 15) is 9.59 Å². The minimum Gasteiger partial charge on any atom is -0.336 e. The third kappa shape index (κ3) is 1.42. The van der Waals surface area contributed by atoms with E-state index in [1.807, 2.05) is 0 Å². The molecule has 2 aromatic heterocycles. The molecule has 2 saturated carbocycles. The van der Waals surface area contributed by atoms with Crippen molar-refractivity contribution >= 4 is 11.2 Å². The number of hydrogen-bond acceptors (Lipinski definition) is 3. The van der Waals surface area contributed by atoms with Gasteiger partial charge in [0.1, 0.15) is 11.3 Å². The molecular formula is C14H18N4O2. The predicted octanol–water partition coefficient (Wildman–Crippen LogP) is 0.864. The molecule has 0 aromatic carbocycles. The van der Waals surface area contributed by atoms with Crippen molar-refractivity contribution in [1.29, 1.82) is 0 Å². The molecule has 0 aliphatic heterocycles. The van der Waals surface area contributed by atoms with Crippen LogP contribution >= 0.6 is 0 Å². The van der Waals surface area contributed by atoms with Gasteiger partial charge in [-0.05, 0) is 31.1 Å². The average Bonchev–Trinajstić information content (AvgIpc) is 3.15. The van der Waals surface area contributed by atoms with Crippen LogP contribution in [-0.2, 0) is 14.1 Å². The van der Waals surface area contributed by atoms with Crippen LogP contribution in [0.25, 0.3) is 11.2 Å². The van der Waals surface area contributed by atoms with Crippen LogP contribution in [0.5, 0.6) is 0 Å². The average molecular weight is 274 g/mol. The highest BCUT2D eigenvalue weighted by Crippen LogP contribution is 2.52. The smallest absolute Gasteiger partial charge is 0.332 e. The van der Waals surface area contributed by atoms with E-state index in [0.717, 1.165) is 16.3 Å². The van der Waals surface area contributed by atoms with Gasteiger partial charge in [0.05, 0.1) is 0 Å². The van der Waals surface area contributed by atoms with Gasteiger partial charge in [0.25, 0.3) is 5.56 Å². The zero-order valence-electron chi connectivity index (χ0n) is 11.7. The number of aromatic amines is 1. The third-order valence-electron chi connectivity index (χ3n) is 5.20. The minimum atomic E-state index is -0.325. The molecule has 2 aromatic rings. The van der Waals surface area contributed by atoms with E-state index < -0.39 is 0 Å². The Morgan fingerprint density at radius 3 is 2.60 bits per heavy atom. The van der Waals surface area contributed by atoms with Crippen molar-refractivity contribution in [3.63, 3.8) is 0 Å². The summed E-state index contributed by atoms with van der Waals surface area (Å²) >= 11 is 0. The molecule has 2 aliphatic carbocycles. The highest BCUT2D eigenvalue weighted by molar-refractivity contribution is 5.69. The number of fused-ring (bicyclic) bond motifs is 3. The number of aryl methyl sites for hydroxylation is 1. The molecule has 0 amide bonds. The van der Waals surface area contributed by atoms with Crippen molar-refractivity contribution in [3.05, 3.63) is 26.7 Å². The Kier molecular flexibility index (Phi) is 2.29. The van der Waals surface area contributed by atoms with Crippen molar-refractivity contribution in [3.8, 4) is 0 Å². The van der Waals surface area contributed by atoms with Gasteiger partial charge in [0.2, 0.25) is 0 Å². The summed E-state index contributed by atoms with van der Waals surface area (Å²) in [6, 6.07) is 0. The van der Waals surface area contributed by atoms with Gasteiger partial charge in [-0.3, -0.25) is 13.9 Å². The van der Waals surface area contributed by atoms with Crippen LogP contribution in [0, 0.1) is 11.8 Å². The molecule has 6 nitrogen and oxygen atoms in total. The van der Waals surface area contributed by atoms with Crippen molar-refractivity contribution in [1.82, 2.24) is 19.1 Å². The summed E-state index contributed by atoms with van der Waals surface area (Å²) in [5, 5.41) is 0. The number of aromatic nitrogens is 4. The molecule has 2 fully saturated rings. The normalized spacial score (nSPS) is 28.6. The number of rotatable bonds is 1. The van der Waals surface area contributed by atoms with E-state index >= 15 is 0 Å². The Morgan fingerprint density at radius 2 is 1.95 bits per heavy atom. The number of nitrogens with one attached hydrogen (secondary N) is 1. The maximum absolute atomic E-state index is 12.2. The van der Waals surface area contributed by atoms with Crippen molar-refractivity contribution in [2.45, 2.75) is 31.6 Å². The largest absolute Gasteiger partial charge is 0.336 e. The highest BCUT2D eigenvalue weighted by Gasteiger charge is 2.41. The molecule has 106 valence electrons. The van der Waals surface area contributed by atoms with E-state index in [1.165, 1.54) is 37.3 Å². The Bertz CT molecular complexity index is 813. The molecule has 20 heavy (non-hydrogen) atoms. The van der Waals surface area contributed by atoms with Crippen molar-refractivity contribution in [2.75, 3.05) is 0 Å². The van der Waals surface area contributed by atoms with Gasteiger partial charge in [-0.25, -0.2) is 9.78 Å². The molecule has 2 bridgehead atoms. The lowest BCUT2D eigenvalue weighted by molar-refractivity contribution is 0.408. The molecule has 6 heteroatoms. The summed E-state index contributed by atoms with van der Waals surface area (Å²) in [5.74, 6) is 2.85. The molecule has 1 N–H and O–H groups in total. The topological polar surface area (TPSA) is 72.7 Å². The van der Waals surface area contributed by atoms with Crippen LogP contribution < -0.4 is 11.2 Å². The fourth-order valence-corrected chi connectivity index (χ4v) is 4.10. The second-order valence-corrected chi connectivity index (χ2v) is 6.31. The van der Waals surface area contributed by atoms with Crippen molar-refractivity contribution < 1.29 is 0 Å². The standard InChI is InChI=1S/C14H18N4O2/c1-17-12-10(13(19)18(2)14(17)20)15-11(16-12)9-6-7-3-4-8(9)5-7/h7-9H,3-6H2,1-2H3,(H,15,16)/t7-,8+,9-/m0/s1. The lowest BCUT2D eigenvalue weighted by Crippen LogP contribution is -2.36. The molecule has 4 rings (SSSR count). The number of hydrogen-bond donors (Lipinski definition) is 1. The van der Waals surface area contributed by atoms with Crippen LogP contribution in [0.1, 0.15) is 37.4 Å². The third-order valence-corrected chi connectivity index (χ3v) is 5.20. The van der Waals surface area contributed by atoms with Crippen LogP contribution in [0.15, 0.2) is 9.59 Å². The fourth-order valence-electron chi connectivity index (χ4n) is 4.10. The van der Waals surface area contributed by atoms with Crippen LogP contribution in [0.3, 0.4) is 0 Å². The zero-order chi connectivity index (χ0) is 14.0. The summed E-state index contributed by atoms with van der Waals surface area (Å²) < 4.78 is 2.58. The summed E-state index contributed by atoms with van der Waals surface area (Å²) in [4.78, 5) is 31.9. The quantitative estimate of drug-likeness (QED) is 0.838. The Morgan fingerprint density at radius 1 is 1.15 bits per heavy atom. The monoisotopic (exact) mass is 274 g/mol. The minimum absolute atomic E-state index is 0.287. The first kappa shape index (κ1) is 11.9. The van der Waals surface area contributed by atoms with Crippen LogP contribution in [-0.4, -0.2) is 19.1 Å². The van der Waals surface area contributed by atoms with Gasteiger partial charge in [-0.2, -0.15) is 0 Å². The first-order valence-electron chi connectivity index (χ1n) is 7.22. The van der Waals surface area contributed by atoms with Gasteiger partial charge in [0, 0.05) is 20.0 Å². The number of nitrogens with zero attached hydrogens (tertiary/aromatic N) is 3. The summed E-state index contributed by atoms with van der Waals surface area (Å²) in [6.07, 6.45) is 5.06. The lowest BCUT2D eigenvalue weighted by atomic mass is 9.88. The van der Waals surface area contributed by atoms with E-state index in [4.69, 9.17) is 0 Å². The van der Waals surface area contributed by atoms with E-state index in [2.05, 4.69) is 9.97 Å². The van der Waals surface area contributed by atoms with Gasteiger partial charge >= 0.3 is 5.69 Å². The maximum Gasteiger partial charge on any atom is 0.332 e. The fraction of sp³-hybridized carbons (Fsp3) is 0.643. The summed E-state index contributed by atoms with van der Waals surface area (Å²) in [6.45, 7) is 0. The van der Waals surface area contributed by atoms with Crippen LogP contribution in [0.2, 0.25) is 0 Å². The maximum atomic E-state index is 12.2. The SMILES string of the molecule is Cn1c(=O)c2[nH]c([C@H]3C[C@H]4CC[C@@H]3C4)nc2n(C)c1=O. The Balaban J connectivity index is 1.92. The molecule has 0 unspecified atom stereocenters. The molecule has 0 spiro atoms. The zero-order valence-corrected chi connectivity index (χ0v) is 11.7. The van der Waals surface area contributed by atoms with Crippen LogP contribution in [0.4, 0.5) is 0 Å². The Hall–Kier alpha value is -1.85. The molecule has 0 saturated heterocycles. The lowest BCUT2D eigenvalue weighted by Gasteiger charge is -2.18. The van der Waals surface area contributed by atoms with Gasteiger partial charge in [-0.1, -0.05) is 6.42 Å². The number of imidazole rings is 1. The first-order chi connectivity index (χ1) is 9.56. The molecule has 2 heterocycles. The number of H-pyrrole nitrogens is 1. The highest BCUT2D eigenvalue weighted by atomic mass is 16.2. The van der Waals surface area contributed by atoms with Gasteiger partial charge < -0.3 is 4.98 Å². The molecular weight excluding hydrogens is 256 g/mol. The van der Waals surface area contributed by atoms with Gasteiger partial charge in [-0.15, -0.1) is 0 Å². The summed E-state index contributed by atoms with van der Waals surface area (Å²) in [7, 11) is 3.16. The van der Waals surface area contributed by atoms with Crippen molar-refractivity contribution in [2.24, 2.45) is 25.9 Å². The molecule has 3 atom stereocenters. The van der Waals surface area contributed by atoms with E-state index in [1.54, 1.807) is 7.05 Å². The van der Waals surface area contributed by atoms with Gasteiger partial charge in [0.15, 0.2) is 5.65 Å². The van der Waals surface area contributed by atoms with E-state index in [-0.39, 0.29) is 11.2 Å².